The third-order valence-electron chi connectivity index (χ3n) is 2.29. The number of halogens is 4. The van der Waals surface area contributed by atoms with Crippen molar-refractivity contribution in [3.05, 3.63) is 29.3 Å². The third kappa shape index (κ3) is 2.12. The zero-order valence-corrected chi connectivity index (χ0v) is 9.23. The normalized spacial score (nSPS) is 17.1. The van der Waals surface area contributed by atoms with Crippen LogP contribution in [0.15, 0.2) is 18.2 Å². The van der Waals surface area contributed by atoms with Crippen molar-refractivity contribution in [3.63, 3.8) is 0 Å². The Morgan fingerprint density at radius 2 is 2.07 bits per heavy atom. The van der Waals surface area contributed by atoms with Gasteiger partial charge in [-0.15, -0.1) is 0 Å². The highest BCUT2D eigenvalue weighted by atomic mass is 79.9. The van der Waals surface area contributed by atoms with Gasteiger partial charge in [-0.2, -0.15) is 13.2 Å². The smallest absolute Gasteiger partial charge is 0.405 e. The van der Waals surface area contributed by atoms with E-state index in [4.69, 9.17) is 4.74 Å². The average molecular weight is 281 g/mol. The largest absolute Gasteiger partial charge is 0.493 e. The van der Waals surface area contributed by atoms with Crippen molar-refractivity contribution in [1.82, 2.24) is 0 Å². The second kappa shape index (κ2) is 3.70. The molecule has 0 fully saturated rings. The molecule has 5 heteroatoms. The summed E-state index contributed by atoms with van der Waals surface area (Å²) in [4.78, 5) is -1.60. The fraction of sp³-hybridized carbons (Fsp3) is 0.400. The first-order valence-electron chi connectivity index (χ1n) is 4.45. The van der Waals surface area contributed by atoms with Crippen LogP contribution in [0.3, 0.4) is 0 Å². The maximum absolute atomic E-state index is 12.4. The maximum atomic E-state index is 12.4. The number of hydrogen-bond donors (Lipinski definition) is 0. The molecular weight excluding hydrogens is 273 g/mol. The molecule has 1 atom stereocenters. The van der Waals surface area contributed by atoms with Gasteiger partial charge in [0.2, 0.25) is 0 Å². The van der Waals surface area contributed by atoms with Crippen LogP contribution >= 0.6 is 15.9 Å². The summed E-state index contributed by atoms with van der Waals surface area (Å²) in [7, 11) is 0. The van der Waals surface area contributed by atoms with Gasteiger partial charge in [0.1, 0.15) is 10.6 Å². The highest BCUT2D eigenvalue weighted by Crippen LogP contribution is 2.41. The minimum absolute atomic E-state index is 0.228. The van der Waals surface area contributed by atoms with E-state index >= 15 is 0 Å². The maximum Gasteiger partial charge on any atom is 0.405 e. The van der Waals surface area contributed by atoms with Gasteiger partial charge >= 0.3 is 6.18 Å². The molecule has 0 spiro atoms. The molecule has 1 aromatic rings. The molecule has 1 aliphatic heterocycles. The van der Waals surface area contributed by atoms with E-state index in [9.17, 15) is 13.2 Å². The van der Waals surface area contributed by atoms with Gasteiger partial charge in [0.05, 0.1) is 6.61 Å². The number of ether oxygens (including phenoxy) is 1. The summed E-state index contributed by atoms with van der Waals surface area (Å²) >= 11 is 2.65. The first-order valence-corrected chi connectivity index (χ1v) is 5.36. The van der Waals surface area contributed by atoms with Crippen LogP contribution in [-0.2, 0) is 6.42 Å². The Bertz CT molecular complexity index is 375. The molecule has 0 radical (unpaired) electrons. The molecule has 1 unspecified atom stereocenters. The second-order valence-electron chi connectivity index (χ2n) is 3.37. The molecule has 0 saturated heterocycles. The lowest BCUT2D eigenvalue weighted by Crippen LogP contribution is -2.15. The van der Waals surface area contributed by atoms with Gasteiger partial charge in [0, 0.05) is 6.42 Å². The summed E-state index contributed by atoms with van der Waals surface area (Å²) in [6.07, 6.45) is -3.57. The molecule has 1 nitrogen and oxygen atoms in total. The Balaban J connectivity index is 2.31. The standard InChI is InChI=1S/C10H8BrF3O/c11-9(10(12,13)14)7-1-2-8-6(5-7)3-4-15-8/h1-2,5,9H,3-4H2. The Morgan fingerprint density at radius 1 is 1.33 bits per heavy atom. The van der Waals surface area contributed by atoms with Gasteiger partial charge in [-0.25, -0.2) is 0 Å². The van der Waals surface area contributed by atoms with Gasteiger partial charge in [0.15, 0.2) is 0 Å². The number of rotatable bonds is 1. The predicted octanol–water partition coefficient (Wildman–Crippen LogP) is 3.62. The van der Waals surface area contributed by atoms with E-state index in [0.29, 0.717) is 18.8 Å². The van der Waals surface area contributed by atoms with Gasteiger partial charge in [-0.3, -0.25) is 0 Å². The first-order chi connectivity index (χ1) is 6.98. The molecule has 82 valence electrons. The second-order valence-corrected chi connectivity index (χ2v) is 4.29. The lowest BCUT2D eigenvalue weighted by molar-refractivity contribution is -0.128. The number of alkyl halides is 4. The average Bonchev–Trinajstić information content (AvgIpc) is 2.61. The summed E-state index contributed by atoms with van der Waals surface area (Å²) in [5.41, 5.74) is 1.08. The van der Waals surface area contributed by atoms with Crippen LogP contribution in [0.2, 0.25) is 0 Å². The van der Waals surface area contributed by atoms with Crippen molar-refractivity contribution in [2.24, 2.45) is 0 Å². The van der Waals surface area contributed by atoms with E-state index in [2.05, 4.69) is 15.9 Å². The van der Waals surface area contributed by atoms with Crippen molar-refractivity contribution >= 4 is 15.9 Å². The van der Waals surface area contributed by atoms with Crippen LogP contribution in [-0.4, -0.2) is 12.8 Å². The molecule has 0 aromatic heterocycles. The predicted molar refractivity (Wildman–Crippen MR) is 53.4 cm³/mol. The molecule has 0 saturated carbocycles. The Morgan fingerprint density at radius 3 is 2.73 bits per heavy atom. The minimum Gasteiger partial charge on any atom is -0.493 e. The SMILES string of the molecule is FC(F)(F)C(Br)c1ccc2c(c1)CCO2. The summed E-state index contributed by atoms with van der Waals surface area (Å²) < 4.78 is 42.4. The Hall–Kier alpha value is -0.710. The quantitative estimate of drug-likeness (QED) is 0.714. The van der Waals surface area contributed by atoms with Crippen LogP contribution in [0.5, 0.6) is 5.75 Å². The molecule has 1 aromatic carbocycles. The lowest BCUT2D eigenvalue weighted by atomic mass is 10.1. The van der Waals surface area contributed by atoms with E-state index < -0.39 is 11.0 Å². The van der Waals surface area contributed by atoms with Crippen molar-refractivity contribution < 1.29 is 17.9 Å². The molecule has 0 aliphatic carbocycles. The minimum atomic E-state index is -4.26. The van der Waals surface area contributed by atoms with Crippen LogP contribution in [0.1, 0.15) is 16.0 Å². The van der Waals surface area contributed by atoms with Crippen molar-refractivity contribution in [2.75, 3.05) is 6.61 Å². The Kier molecular flexibility index (Phi) is 2.66. The van der Waals surface area contributed by atoms with Gasteiger partial charge in [-0.1, -0.05) is 28.1 Å². The van der Waals surface area contributed by atoms with Crippen LogP contribution < -0.4 is 4.74 Å². The first kappa shape index (κ1) is 10.8. The van der Waals surface area contributed by atoms with E-state index in [1.165, 1.54) is 6.07 Å². The molecule has 1 aliphatic rings. The molecule has 0 bridgehead atoms. The lowest BCUT2D eigenvalue weighted by Gasteiger charge is -2.14. The molecule has 0 amide bonds. The van der Waals surface area contributed by atoms with Crippen LogP contribution in [0, 0.1) is 0 Å². The highest BCUT2D eigenvalue weighted by molar-refractivity contribution is 9.09. The van der Waals surface area contributed by atoms with Crippen molar-refractivity contribution in [3.8, 4) is 5.75 Å². The summed E-state index contributed by atoms with van der Waals surface area (Å²) in [5, 5.41) is 0. The zero-order chi connectivity index (χ0) is 11.1. The van der Waals surface area contributed by atoms with Crippen molar-refractivity contribution in [2.45, 2.75) is 17.4 Å². The molecule has 1 heterocycles. The molecule has 2 rings (SSSR count). The Labute approximate surface area is 93.4 Å². The van der Waals surface area contributed by atoms with Crippen LogP contribution in [0.25, 0.3) is 0 Å². The monoisotopic (exact) mass is 280 g/mol. The molecule has 0 N–H and O–H groups in total. The van der Waals surface area contributed by atoms with Crippen molar-refractivity contribution in [1.29, 1.82) is 0 Å². The fourth-order valence-electron chi connectivity index (χ4n) is 1.55. The zero-order valence-electron chi connectivity index (χ0n) is 7.64. The van der Waals surface area contributed by atoms with Gasteiger partial charge < -0.3 is 4.74 Å². The van der Waals surface area contributed by atoms with E-state index in [0.717, 1.165) is 5.56 Å². The number of benzene rings is 1. The topological polar surface area (TPSA) is 9.23 Å². The molecule has 15 heavy (non-hydrogen) atoms. The highest BCUT2D eigenvalue weighted by Gasteiger charge is 2.39. The fourth-order valence-corrected chi connectivity index (χ4v) is 1.84. The van der Waals surface area contributed by atoms with E-state index in [-0.39, 0.29) is 5.56 Å². The number of hydrogen-bond acceptors (Lipinski definition) is 1. The van der Waals surface area contributed by atoms with Crippen LogP contribution in [0.4, 0.5) is 13.2 Å². The third-order valence-corrected chi connectivity index (χ3v) is 3.34. The summed E-state index contributed by atoms with van der Waals surface area (Å²) in [5.74, 6) is 0.695. The van der Waals surface area contributed by atoms with E-state index in [1.807, 2.05) is 0 Å². The summed E-state index contributed by atoms with van der Waals surface area (Å²) in [6, 6.07) is 4.59. The number of fused-ring (bicyclic) bond motifs is 1. The molecular formula is C10H8BrF3O. The summed E-state index contributed by atoms with van der Waals surface area (Å²) in [6.45, 7) is 0.553. The van der Waals surface area contributed by atoms with E-state index in [1.54, 1.807) is 12.1 Å². The van der Waals surface area contributed by atoms with Gasteiger partial charge in [0.25, 0.3) is 0 Å². The van der Waals surface area contributed by atoms with Gasteiger partial charge in [-0.05, 0) is 17.2 Å².